The standard InChI is InChI=1S/CHN.3BH3.Na.H/c1-2;;;;;/h1H;3*1H3;;. The summed E-state index contributed by atoms with van der Waals surface area (Å²) in [7, 11) is 0. The first-order valence-corrected chi connectivity index (χ1v) is 0.258. The second-order valence-electron chi connectivity index (χ2n) is 0. The second-order valence-corrected chi connectivity index (χ2v) is 0. The molecule has 0 heterocycles. The van der Waals surface area contributed by atoms with Crippen LogP contribution < -0.4 is 0 Å². The molecule has 0 amide bonds. The predicted molar refractivity (Wildman–Crippen MR) is 43.6 cm³/mol. The molecule has 0 radical (unpaired) electrons. The summed E-state index contributed by atoms with van der Waals surface area (Å²) in [6.07, 6.45) is 0. The fraction of sp³-hybridized carbons (Fsp3) is 0. The number of nitrogens with zero attached hydrogens (tertiary/aromatic N) is 1. The van der Waals surface area contributed by atoms with Gasteiger partial charge in [-0.2, -0.15) is 0 Å². The number of nitriles is 1. The van der Waals surface area contributed by atoms with Gasteiger partial charge in [-0.05, 0) is 0 Å². The molecule has 0 aliphatic carbocycles. The monoisotopic (exact) mass is 93.1 g/mol. The van der Waals surface area contributed by atoms with Crippen LogP contribution in [0, 0.1) is 11.8 Å². The SMILES string of the molecule is B.B.B.C#N.[NaH]. The third kappa shape index (κ3) is 136. The Hall–Kier alpha value is 0.685. The fourth-order valence-corrected chi connectivity index (χ4v) is 0. The van der Waals surface area contributed by atoms with Crippen molar-refractivity contribution in [3.05, 3.63) is 0 Å². The molecule has 0 fully saturated rings. The summed E-state index contributed by atoms with van der Waals surface area (Å²) in [4.78, 5) is 0. The fourth-order valence-electron chi connectivity index (χ4n) is 0. The summed E-state index contributed by atoms with van der Waals surface area (Å²) in [5, 5.41) is 6.50. The van der Waals surface area contributed by atoms with Gasteiger partial charge in [0.2, 0.25) is 0 Å². The van der Waals surface area contributed by atoms with Crippen LogP contribution in [0.15, 0.2) is 0 Å². The van der Waals surface area contributed by atoms with Crippen molar-refractivity contribution in [1.82, 2.24) is 0 Å². The first-order chi connectivity index (χ1) is 1.00. The Kier molecular flexibility index (Phi) is 3370. The first-order valence-electron chi connectivity index (χ1n) is 0.258. The maximum absolute atomic E-state index is 6.50. The van der Waals surface area contributed by atoms with E-state index in [1.165, 1.54) is 0 Å². The van der Waals surface area contributed by atoms with Gasteiger partial charge >= 0.3 is 29.6 Å². The van der Waals surface area contributed by atoms with Gasteiger partial charge in [0, 0.05) is 6.57 Å². The second kappa shape index (κ2) is 266. The van der Waals surface area contributed by atoms with Gasteiger partial charge in [-0.15, -0.1) is 0 Å². The Morgan fingerprint density at radius 3 is 0.833 bits per heavy atom. The summed E-state index contributed by atoms with van der Waals surface area (Å²) < 4.78 is 0. The van der Waals surface area contributed by atoms with E-state index < -0.39 is 0 Å². The van der Waals surface area contributed by atoms with Gasteiger partial charge in [-0.25, -0.2) is 5.26 Å². The number of hydrogen-bond acceptors (Lipinski definition) is 1. The van der Waals surface area contributed by atoms with E-state index in [9.17, 15) is 0 Å². The van der Waals surface area contributed by atoms with E-state index in [-0.39, 0.29) is 54.8 Å². The molecular formula is CH11B3NNa. The van der Waals surface area contributed by atoms with Crippen LogP contribution in [0.5, 0.6) is 0 Å². The van der Waals surface area contributed by atoms with Crippen LogP contribution in [0.2, 0.25) is 0 Å². The van der Waals surface area contributed by atoms with Crippen LogP contribution >= 0.6 is 0 Å². The van der Waals surface area contributed by atoms with Gasteiger partial charge in [0.15, 0.2) is 0 Å². The van der Waals surface area contributed by atoms with E-state index in [0.29, 0.717) is 0 Å². The molecule has 0 bridgehead atoms. The molecule has 0 aromatic carbocycles. The molecule has 0 aromatic rings. The minimum absolute atomic E-state index is 0. The molecule has 5 heteroatoms. The topological polar surface area (TPSA) is 23.8 Å². The summed E-state index contributed by atoms with van der Waals surface area (Å²) in [5.74, 6) is 0. The van der Waals surface area contributed by atoms with Crippen LogP contribution in [0.4, 0.5) is 0 Å². The Bertz CT molecular complexity index is 15.5. The van der Waals surface area contributed by atoms with E-state index in [1.54, 1.807) is 0 Å². The van der Waals surface area contributed by atoms with Crippen LogP contribution in [0.25, 0.3) is 0 Å². The molecule has 30 valence electrons. The van der Waals surface area contributed by atoms with Crippen LogP contribution in [0.1, 0.15) is 0 Å². The summed E-state index contributed by atoms with van der Waals surface area (Å²) in [5.41, 5.74) is 0. The van der Waals surface area contributed by atoms with Crippen molar-refractivity contribution in [2.24, 2.45) is 0 Å². The van der Waals surface area contributed by atoms with Gasteiger partial charge in [-0.3, -0.25) is 0 Å². The molecule has 0 atom stereocenters. The van der Waals surface area contributed by atoms with Crippen molar-refractivity contribution in [3.8, 4) is 6.57 Å². The molecular weight excluding hydrogens is 81.4 g/mol. The molecule has 0 aliphatic rings. The Labute approximate surface area is 66.5 Å². The molecule has 0 aromatic heterocycles. The van der Waals surface area contributed by atoms with Crippen LogP contribution in [-0.4, -0.2) is 54.8 Å². The van der Waals surface area contributed by atoms with E-state index >= 15 is 0 Å². The molecule has 0 aliphatic heterocycles. The summed E-state index contributed by atoms with van der Waals surface area (Å²) in [6, 6.07) is 0. The van der Waals surface area contributed by atoms with Gasteiger partial charge in [0.05, 0.1) is 25.2 Å². The average molecular weight is 92.5 g/mol. The number of rotatable bonds is 0. The molecule has 0 spiro atoms. The van der Waals surface area contributed by atoms with Crippen molar-refractivity contribution in [2.45, 2.75) is 0 Å². The number of hydrogen-bond donors (Lipinski definition) is 0. The van der Waals surface area contributed by atoms with Gasteiger partial charge in [-0.1, -0.05) is 0 Å². The van der Waals surface area contributed by atoms with Gasteiger partial charge < -0.3 is 0 Å². The van der Waals surface area contributed by atoms with E-state index in [1.807, 2.05) is 0 Å². The zero-order chi connectivity index (χ0) is 2.00. The summed E-state index contributed by atoms with van der Waals surface area (Å²) >= 11 is 0. The van der Waals surface area contributed by atoms with Gasteiger partial charge in [0.25, 0.3) is 0 Å². The van der Waals surface area contributed by atoms with Crippen molar-refractivity contribution in [1.29, 1.82) is 5.26 Å². The third-order valence-electron chi connectivity index (χ3n) is 0. The summed E-state index contributed by atoms with van der Waals surface area (Å²) in [6.45, 7) is 3.50. The molecule has 0 unspecified atom stereocenters. The zero-order valence-electron chi connectivity index (χ0n) is 1.02. The Morgan fingerprint density at radius 2 is 0.833 bits per heavy atom. The molecule has 0 saturated heterocycles. The average Bonchev–Trinajstić information content (AvgIpc) is 1.00. The normalized spacial score (nSPS) is 0.333. The molecule has 0 saturated carbocycles. The van der Waals surface area contributed by atoms with E-state index in [2.05, 4.69) is 6.57 Å². The van der Waals surface area contributed by atoms with Crippen LogP contribution in [0.3, 0.4) is 0 Å². The van der Waals surface area contributed by atoms with E-state index in [0.717, 1.165) is 0 Å². The Balaban J connectivity index is -0.000000000833. The van der Waals surface area contributed by atoms with Gasteiger partial charge in [0.1, 0.15) is 0 Å². The third-order valence-corrected chi connectivity index (χ3v) is 0. The van der Waals surface area contributed by atoms with Crippen molar-refractivity contribution in [3.63, 3.8) is 0 Å². The Morgan fingerprint density at radius 1 is 0.833 bits per heavy atom. The maximum atomic E-state index is 6.50. The quantitative estimate of drug-likeness (QED) is 0.279. The first kappa shape index (κ1) is 76.1. The molecule has 6 heavy (non-hydrogen) atoms. The van der Waals surface area contributed by atoms with E-state index in [4.69, 9.17) is 5.26 Å². The predicted octanol–water partition coefficient (Wildman–Crippen LogP) is -4.06. The van der Waals surface area contributed by atoms with Crippen LogP contribution in [-0.2, 0) is 0 Å². The zero-order valence-corrected chi connectivity index (χ0v) is 1.02. The molecule has 0 rings (SSSR count). The van der Waals surface area contributed by atoms with Crippen molar-refractivity contribution < 1.29 is 0 Å². The molecule has 1 nitrogen and oxygen atoms in total. The minimum atomic E-state index is 0. The molecule has 0 N–H and O–H groups in total. The van der Waals surface area contributed by atoms with Crippen molar-refractivity contribution >= 4 is 54.8 Å². The van der Waals surface area contributed by atoms with Crippen molar-refractivity contribution in [2.75, 3.05) is 0 Å².